The van der Waals surface area contributed by atoms with E-state index < -0.39 is 0 Å². The van der Waals surface area contributed by atoms with Crippen molar-refractivity contribution in [2.75, 3.05) is 11.6 Å². The molecule has 8 heteroatoms. The molecule has 2 aromatic rings. The summed E-state index contributed by atoms with van der Waals surface area (Å²) in [7, 11) is 0. The van der Waals surface area contributed by atoms with Crippen LogP contribution >= 0.6 is 23.1 Å². The number of hydrogen-bond donors (Lipinski definition) is 2. The molecule has 2 bridgehead atoms. The molecule has 140 valence electrons. The number of nitrogens with two attached hydrogens (primary N) is 1. The van der Waals surface area contributed by atoms with E-state index in [1.54, 1.807) is 11.3 Å². The second kappa shape index (κ2) is 6.27. The molecule has 2 aliphatic rings. The molecule has 2 aliphatic carbocycles. The number of carbonyl (C=O) groups excluding carboxylic acids is 1. The lowest BCUT2D eigenvalue weighted by atomic mass is 9.69. The lowest BCUT2D eigenvalue weighted by molar-refractivity contribution is -0.120. The van der Waals surface area contributed by atoms with Gasteiger partial charge in [0.2, 0.25) is 11.1 Å². The summed E-state index contributed by atoms with van der Waals surface area (Å²) in [5.74, 6) is 7.79. The van der Waals surface area contributed by atoms with Gasteiger partial charge in [0.05, 0.1) is 10.6 Å². The van der Waals surface area contributed by atoms with Crippen LogP contribution in [0.1, 0.15) is 40.0 Å². The SMILES string of the molecule is CC1(C)C2CCC1(C)C(NC(=O)CSc1nnc(-c3cccs3)n1N)C2. The Morgan fingerprint density at radius 3 is 2.88 bits per heavy atom. The minimum atomic E-state index is 0.0465. The van der Waals surface area contributed by atoms with Gasteiger partial charge < -0.3 is 11.2 Å². The van der Waals surface area contributed by atoms with Gasteiger partial charge in [0.1, 0.15) is 0 Å². The van der Waals surface area contributed by atoms with Crippen molar-refractivity contribution in [1.29, 1.82) is 0 Å². The molecule has 3 atom stereocenters. The molecule has 26 heavy (non-hydrogen) atoms. The maximum Gasteiger partial charge on any atom is 0.230 e. The van der Waals surface area contributed by atoms with E-state index in [4.69, 9.17) is 5.84 Å². The second-order valence-corrected chi connectivity index (χ2v) is 10.1. The third-order valence-electron chi connectivity index (χ3n) is 6.87. The molecule has 0 spiro atoms. The van der Waals surface area contributed by atoms with E-state index in [0.29, 0.717) is 28.1 Å². The largest absolute Gasteiger partial charge is 0.352 e. The molecule has 0 aliphatic heterocycles. The van der Waals surface area contributed by atoms with Crippen LogP contribution in [-0.2, 0) is 4.79 Å². The maximum absolute atomic E-state index is 12.5. The van der Waals surface area contributed by atoms with Crippen LogP contribution < -0.4 is 11.2 Å². The maximum atomic E-state index is 12.5. The standard InChI is InChI=1S/C18H25N5OS2/c1-17(2)11-6-7-18(17,3)13(9-11)20-14(24)10-26-16-22-21-15(23(16)19)12-5-4-8-25-12/h4-5,8,11,13H,6-7,9-10,19H2,1-3H3,(H,20,24). The fraction of sp³-hybridized carbons (Fsp3) is 0.611. The van der Waals surface area contributed by atoms with Crippen molar-refractivity contribution in [3.05, 3.63) is 17.5 Å². The van der Waals surface area contributed by atoms with Crippen molar-refractivity contribution in [3.8, 4) is 10.7 Å². The minimum Gasteiger partial charge on any atom is -0.352 e. The Kier molecular flexibility index (Phi) is 4.30. The normalized spacial score (nSPS) is 29.2. The molecule has 3 unspecified atom stereocenters. The lowest BCUT2D eigenvalue weighted by Crippen LogP contribution is -2.47. The molecular weight excluding hydrogens is 366 g/mol. The Morgan fingerprint density at radius 2 is 2.27 bits per heavy atom. The van der Waals surface area contributed by atoms with Crippen molar-refractivity contribution in [2.24, 2.45) is 16.7 Å². The van der Waals surface area contributed by atoms with Gasteiger partial charge in [-0.3, -0.25) is 4.79 Å². The highest BCUT2D eigenvalue weighted by Gasteiger charge is 2.61. The number of thioether (sulfide) groups is 1. The van der Waals surface area contributed by atoms with Gasteiger partial charge in [-0.2, -0.15) is 0 Å². The molecule has 2 aromatic heterocycles. The first-order valence-electron chi connectivity index (χ1n) is 8.99. The number of aromatic nitrogens is 3. The number of fused-ring (bicyclic) bond motifs is 2. The number of thiophene rings is 1. The van der Waals surface area contributed by atoms with Crippen LogP contribution in [-0.4, -0.2) is 32.6 Å². The molecule has 2 heterocycles. The number of nitrogens with zero attached hydrogens (tertiary/aromatic N) is 3. The van der Waals surface area contributed by atoms with Crippen molar-refractivity contribution < 1.29 is 4.79 Å². The van der Waals surface area contributed by atoms with Crippen molar-refractivity contribution in [1.82, 2.24) is 20.2 Å². The number of nitrogen functional groups attached to an aromatic ring is 1. The summed E-state index contributed by atoms with van der Waals surface area (Å²) in [6.07, 6.45) is 3.58. The first-order valence-corrected chi connectivity index (χ1v) is 10.9. The number of hydrogen-bond acceptors (Lipinski definition) is 6. The zero-order valence-corrected chi connectivity index (χ0v) is 17.0. The highest BCUT2D eigenvalue weighted by atomic mass is 32.2. The highest BCUT2D eigenvalue weighted by Crippen LogP contribution is 2.65. The molecule has 6 nitrogen and oxygen atoms in total. The summed E-state index contributed by atoms with van der Waals surface area (Å²) in [4.78, 5) is 13.5. The molecule has 3 N–H and O–H groups in total. The van der Waals surface area contributed by atoms with E-state index in [1.807, 2.05) is 17.5 Å². The first kappa shape index (κ1) is 17.9. The summed E-state index contributed by atoms with van der Waals surface area (Å²) in [5, 5.41) is 14.1. The Bertz CT molecular complexity index is 816. The zero-order chi connectivity index (χ0) is 18.5. The molecule has 4 rings (SSSR count). The predicted molar refractivity (Wildman–Crippen MR) is 105 cm³/mol. The van der Waals surface area contributed by atoms with Gasteiger partial charge in [-0.05, 0) is 47.5 Å². The number of nitrogens with one attached hydrogen (secondary N) is 1. The van der Waals surface area contributed by atoms with E-state index in [-0.39, 0.29) is 17.4 Å². The Hall–Kier alpha value is -1.54. The van der Waals surface area contributed by atoms with Gasteiger partial charge in [-0.25, -0.2) is 4.68 Å². The summed E-state index contributed by atoms with van der Waals surface area (Å²) >= 11 is 2.90. The van der Waals surface area contributed by atoms with Crippen LogP contribution in [0.15, 0.2) is 22.7 Å². The Labute approximate surface area is 161 Å². The molecule has 2 fully saturated rings. The van der Waals surface area contributed by atoms with Gasteiger partial charge in [-0.15, -0.1) is 21.5 Å². The number of amides is 1. The quantitative estimate of drug-likeness (QED) is 0.604. The van der Waals surface area contributed by atoms with Crippen LogP contribution in [0.4, 0.5) is 0 Å². The van der Waals surface area contributed by atoms with E-state index in [2.05, 4.69) is 36.3 Å². The fourth-order valence-electron chi connectivity index (χ4n) is 4.74. The monoisotopic (exact) mass is 391 g/mol. The zero-order valence-electron chi connectivity index (χ0n) is 15.4. The summed E-state index contributed by atoms with van der Waals surface area (Å²) in [6.45, 7) is 7.05. The fourth-order valence-corrected chi connectivity index (χ4v) is 6.11. The third kappa shape index (κ3) is 2.65. The Balaban J connectivity index is 1.37. The average molecular weight is 392 g/mol. The second-order valence-electron chi connectivity index (χ2n) is 8.17. The van der Waals surface area contributed by atoms with E-state index in [1.165, 1.54) is 29.3 Å². The predicted octanol–water partition coefficient (Wildman–Crippen LogP) is 3.14. The molecule has 1 amide bonds. The lowest BCUT2D eigenvalue weighted by Gasteiger charge is -2.39. The van der Waals surface area contributed by atoms with Crippen LogP contribution in [0.25, 0.3) is 10.7 Å². The van der Waals surface area contributed by atoms with Gasteiger partial charge in [-0.1, -0.05) is 38.6 Å². The summed E-state index contributed by atoms with van der Waals surface area (Å²) in [5.41, 5.74) is 0.489. The average Bonchev–Trinajstić information content (AvgIpc) is 3.31. The van der Waals surface area contributed by atoms with E-state index in [9.17, 15) is 4.79 Å². The van der Waals surface area contributed by atoms with Gasteiger partial charge in [0, 0.05) is 6.04 Å². The Morgan fingerprint density at radius 1 is 1.46 bits per heavy atom. The smallest absolute Gasteiger partial charge is 0.230 e. The molecule has 0 saturated heterocycles. The topological polar surface area (TPSA) is 85.8 Å². The third-order valence-corrected chi connectivity index (χ3v) is 8.68. The highest BCUT2D eigenvalue weighted by molar-refractivity contribution is 7.99. The van der Waals surface area contributed by atoms with Crippen LogP contribution in [0.2, 0.25) is 0 Å². The van der Waals surface area contributed by atoms with Crippen LogP contribution in [0, 0.1) is 16.7 Å². The summed E-state index contributed by atoms with van der Waals surface area (Å²) in [6, 6.07) is 4.17. The van der Waals surface area contributed by atoms with Gasteiger partial charge in [0.25, 0.3) is 0 Å². The molecule has 2 saturated carbocycles. The minimum absolute atomic E-state index is 0.0465. The van der Waals surface area contributed by atoms with Gasteiger partial charge >= 0.3 is 0 Å². The van der Waals surface area contributed by atoms with Crippen molar-refractivity contribution >= 4 is 29.0 Å². The molecule has 0 radical (unpaired) electrons. The first-order chi connectivity index (χ1) is 12.3. The molecule has 0 aromatic carbocycles. The van der Waals surface area contributed by atoms with Crippen molar-refractivity contribution in [3.63, 3.8) is 0 Å². The summed E-state index contributed by atoms with van der Waals surface area (Å²) < 4.78 is 1.46. The van der Waals surface area contributed by atoms with Gasteiger partial charge in [0.15, 0.2) is 5.82 Å². The number of rotatable bonds is 5. The van der Waals surface area contributed by atoms with Crippen LogP contribution in [0.3, 0.4) is 0 Å². The van der Waals surface area contributed by atoms with Crippen LogP contribution in [0.5, 0.6) is 0 Å². The van der Waals surface area contributed by atoms with E-state index >= 15 is 0 Å². The van der Waals surface area contributed by atoms with Crippen molar-refractivity contribution in [2.45, 2.75) is 51.2 Å². The number of carbonyl (C=O) groups is 1. The molecular formula is C18H25N5OS2. The van der Waals surface area contributed by atoms with E-state index in [0.717, 1.165) is 11.3 Å².